The molecule has 0 saturated carbocycles. The largest absolute Gasteiger partial charge is 0.350 e. The molecule has 0 aliphatic heterocycles. The number of H-pyrrole nitrogens is 1. The molecule has 0 spiro atoms. The minimum absolute atomic E-state index is 0.134. The van der Waals surface area contributed by atoms with Crippen LogP contribution < -0.4 is 11.3 Å². The Morgan fingerprint density at radius 2 is 1.88 bits per heavy atom. The lowest BCUT2D eigenvalue weighted by Crippen LogP contribution is -2.29. The van der Waals surface area contributed by atoms with Gasteiger partial charge in [-0.05, 0) is 42.5 Å². The number of rotatable bonds is 3. The van der Waals surface area contributed by atoms with Crippen molar-refractivity contribution >= 4 is 29.0 Å². The molecule has 0 fully saturated rings. The van der Waals surface area contributed by atoms with Crippen LogP contribution in [0.3, 0.4) is 0 Å². The predicted octanol–water partition coefficient (Wildman–Crippen LogP) is 3.98. The van der Waals surface area contributed by atoms with Gasteiger partial charge in [-0.25, -0.2) is 9.18 Å². The molecule has 3 aromatic rings. The average Bonchev–Trinajstić information content (AvgIpc) is 2.91. The van der Waals surface area contributed by atoms with Crippen molar-refractivity contribution in [3.8, 4) is 11.3 Å². The summed E-state index contributed by atoms with van der Waals surface area (Å²) in [5.41, 5.74) is 5.32. The maximum Gasteiger partial charge on any atom is 0.341 e. The number of nitrogens with zero attached hydrogens (tertiary/aromatic N) is 3. The molecular formula is C16H11ClFN5O2. The lowest BCUT2D eigenvalue weighted by atomic mass is 10.1. The van der Waals surface area contributed by atoms with Crippen LogP contribution in [0.2, 0.25) is 5.02 Å². The molecule has 2 aromatic carbocycles. The minimum Gasteiger partial charge on any atom is -0.350 e. The van der Waals surface area contributed by atoms with Gasteiger partial charge in [0.15, 0.2) is 5.69 Å². The second-order valence-electron chi connectivity index (χ2n) is 5.00. The van der Waals surface area contributed by atoms with Crippen LogP contribution in [-0.2, 0) is 0 Å². The number of amides is 1. The van der Waals surface area contributed by atoms with Crippen LogP contribution in [0.5, 0.6) is 0 Å². The number of nitrogens with one attached hydrogen (secondary N) is 1. The highest BCUT2D eigenvalue weighted by atomic mass is 35.5. The molecule has 0 saturated heterocycles. The van der Waals surface area contributed by atoms with Crippen molar-refractivity contribution in [2.75, 3.05) is 0 Å². The van der Waals surface area contributed by atoms with Crippen molar-refractivity contribution < 1.29 is 9.18 Å². The lowest BCUT2D eigenvalue weighted by Gasteiger charge is -1.99. The molecule has 1 amide bonds. The standard InChI is InChI=1S/C16H11ClFN5O2/c17-10-2-1-3-12(8-10)20-21-14-13(9-4-6-11(18)7-5-9)22-23(15(14)24)16(19)25/h1-8,22H,(H2,19,25). The van der Waals surface area contributed by atoms with Crippen LogP contribution in [0.1, 0.15) is 0 Å². The molecule has 0 radical (unpaired) electrons. The number of hydrogen-bond acceptors (Lipinski definition) is 4. The minimum atomic E-state index is -1.00. The third kappa shape index (κ3) is 3.48. The molecule has 0 aliphatic rings. The summed E-state index contributed by atoms with van der Waals surface area (Å²) < 4.78 is 13.7. The number of halogens is 2. The quantitative estimate of drug-likeness (QED) is 0.690. The Kier molecular flexibility index (Phi) is 4.44. The van der Waals surface area contributed by atoms with Crippen LogP contribution >= 0.6 is 11.6 Å². The maximum absolute atomic E-state index is 13.1. The molecule has 7 nitrogen and oxygen atoms in total. The molecule has 0 aliphatic carbocycles. The van der Waals surface area contributed by atoms with Crippen molar-refractivity contribution in [1.29, 1.82) is 0 Å². The first-order valence-corrected chi connectivity index (χ1v) is 7.41. The topological polar surface area (TPSA) is 106 Å². The number of primary amides is 1. The van der Waals surface area contributed by atoms with Gasteiger partial charge < -0.3 is 5.73 Å². The zero-order chi connectivity index (χ0) is 18.0. The van der Waals surface area contributed by atoms with Crippen LogP contribution in [0, 0.1) is 5.82 Å². The number of aromatic nitrogens is 2. The van der Waals surface area contributed by atoms with Crippen molar-refractivity contribution in [2.45, 2.75) is 0 Å². The van der Waals surface area contributed by atoms with E-state index in [2.05, 4.69) is 15.3 Å². The van der Waals surface area contributed by atoms with E-state index in [1.54, 1.807) is 24.3 Å². The van der Waals surface area contributed by atoms with E-state index in [1.807, 2.05) is 0 Å². The second-order valence-corrected chi connectivity index (χ2v) is 5.44. The van der Waals surface area contributed by atoms with Gasteiger partial charge in [0.25, 0.3) is 0 Å². The lowest BCUT2D eigenvalue weighted by molar-refractivity contribution is 0.247. The average molecular weight is 360 g/mol. The Morgan fingerprint density at radius 3 is 2.52 bits per heavy atom. The van der Waals surface area contributed by atoms with Crippen LogP contribution in [0.4, 0.5) is 20.6 Å². The predicted molar refractivity (Wildman–Crippen MR) is 91.1 cm³/mol. The summed E-state index contributed by atoms with van der Waals surface area (Å²) in [6, 6.07) is 10.8. The van der Waals surface area contributed by atoms with Crippen LogP contribution in [0.25, 0.3) is 11.3 Å². The molecule has 1 heterocycles. The van der Waals surface area contributed by atoms with Crippen LogP contribution in [0.15, 0.2) is 63.6 Å². The third-order valence-electron chi connectivity index (χ3n) is 3.29. The molecule has 3 N–H and O–H groups in total. The van der Waals surface area contributed by atoms with Gasteiger partial charge in [0.05, 0.1) is 11.4 Å². The smallest absolute Gasteiger partial charge is 0.341 e. The van der Waals surface area contributed by atoms with Crippen molar-refractivity contribution in [3.63, 3.8) is 0 Å². The number of nitrogens with two attached hydrogens (primary N) is 1. The molecule has 0 atom stereocenters. The molecular weight excluding hydrogens is 349 g/mol. The maximum atomic E-state index is 13.1. The summed E-state index contributed by atoms with van der Waals surface area (Å²) in [5, 5.41) is 10.9. The van der Waals surface area contributed by atoms with Crippen molar-refractivity contribution in [3.05, 3.63) is 69.7 Å². The number of azo groups is 1. The summed E-state index contributed by atoms with van der Waals surface area (Å²) >= 11 is 5.88. The summed E-state index contributed by atoms with van der Waals surface area (Å²) in [4.78, 5) is 23.7. The normalized spacial score (nSPS) is 11.1. The number of carbonyl (C=O) groups excluding carboxylic acids is 1. The highest BCUT2D eigenvalue weighted by Crippen LogP contribution is 2.28. The van der Waals surface area contributed by atoms with E-state index in [9.17, 15) is 14.0 Å². The summed E-state index contributed by atoms with van der Waals surface area (Å²) in [7, 11) is 0. The van der Waals surface area contributed by atoms with E-state index in [4.69, 9.17) is 17.3 Å². The monoisotopic (exact) mass is 359 g/mol. The summed E-state index contributed by atoms with van der Waals surface area (Å²) in [6.45, 7) is 0. The van der Waals surface area contributed by atoms with E-state index >= 15 is 0 Å². The highest BCUT2D eigenvalue weighted by Gasteiger charge is 2.18. The Balaban J connectivity index is 2.12. The Morgan fingerprint density at radius 1 is 1.16 bits per heavy atom. The zero-order valence-corrected chi connectivity index (χ0v) is 13.4. The summed E-state index contributed by atoms with van der Waals surface area (Å²) in [5.74, 6) is -0.442. The van der Waals surface area contributed by atoms with Gasteiger partial charge in [-0.1, -0.05) is 17.7 Å². The molecule has 1 aromatic heterocycles. The molecule has 0 unspecified atom stereocenters. The Hall–Kier alpha value is -3.26. The van der Waals surface area contributed by atoms with Crippen LogP contribution in [-0.4, -0.2) is 15.8 Å². The van der Waals surface area contributed by atoms with Gasteiger partial charge in [-0.2, -0.15) is 9.80 Å². The van der Waals surface area contributed by atoms with Crippen molar-refractivity contribution in [1.82, 2.24) is 9.78 Å². The first kappa shape index (κ1) is 16.6. The van der Waals surface area contributed by atoms with Gasteiger partial charge in [-0.3, -0.25) is 9.89 Å². The van der Waals surface area contributed by atoms with E-state index in [0.29, 0.717) is 21.0 Å². The van der Waals surface area contributed by atoms with Gasteiger partial charge >= 0.3 is 11.6 Å². The first-order valence-electron chi connectivity index (χ1n) is 7.04. The Labute approximate surface area is 145 Å². The zero-order valence-electron chi connectivity index (χ0n) is 12.6. The molecule has 0 bridgehead atoms. The second kappa shape index (κ2) is 6.70. The number of aromatic amines is 1. The van der Waals surface area contributed by atoms with E-state index in [1.165, 1.54) is 24.3 Å². The SMILES string of the molecule is NC(=O)n1[nH]c(-c2ccc(F)cc2)c(N=Nc2cccc(Cl)c2)c1=O. The molecule has 126 valence electrons. The summed E-state index contributed by atoms with van der Waals surface area (Å²) in [6.07, 6.45) is 0. The van der Waals surface area contributed by atoms with Gasteiger partial charge in [0, 0.05) is 10.6 Å². The third-order valence-corrected chi connectivity index (χ3v) is 3.53. The molecule has 9 heteroatoms. The van der Waals surface area contributed by atoms with Gasteiger partial charge in [0.2, 0.25) is 0 Å². The first-order chi connectivity index (χ1) is 12.0. The fourth-order valence-electron chi connectivity index (χ4n) is 2.14. The molecule has 25 heavy (non-hydrogen) atoms. The fraction of sp³-hybridized carbons (Fsp3) is 0. The Bertz CT molecular complexity index is 1020. The number of carbonyl (C=O) groups is 1. The molecule has 3 rings (SSSR count). The number of benzene rings is 2. The van der Waals surface area contributed by atoms with E-state index in [-0.39, 0.29) is 11.4 Å². The fourth-order valence-corrected chi connectivity index (χ4v) is 2.32. The highest BCUT2D eigenvalue weighted by molar-refractivity contribution is 6.30. The van der Waals surface area contributed by atoms with Gasteiger partial charge in [0.1, 0.15) is 5.82 Å². The van der Waals surface area contributed by atoms with Crippen molar-refractivity contribution in [2.24, 2.45) is 16.0 Å². The van der Waals surface area contributed by atoms with E-state index < -0.39 is 17.4 Å². The van der Waals surface area contributed by atoms with E-state index in [0.717, 1.165) is 0 Å². The number of hydrogen-bond donors (Lipinski definition) is 2. The van der Waals surface area contributed by atoms with Gasteiger partial charge in [-0.15, -0.1) is 5.11 Å².